The number of aromatic nitrogens is 1. The van der Waals surface area contributed by atoms with Gasteiger partial charge in [0.05, 0.1) is 12.5 Å². The van der Waals surface area contributed by atoms with E-state index in [-0.39, 0.29) is 0 Å². The third-order valence-corrected chi connectivity index (χ3v) is 3.07. The second-order valence-corrected chi connectivity index (χ2v) is 4.47. The summed E-state index contributed by atoms with van der Waals surface area (Å²) in [6.45, 7) is 1.47. The molecule has 0 aliphatic carbocycles. The van der Waals surface area contributed by atoms with Crippen molar-refractivity contribution in [3.05, 3.63) is 54.2 Å². The fourth-order valence-corrected chi connectivity index (χ4v) is 2.01. The molecule has 0 bridgehead atoms. The first kappa shape index (κ1) is 13.9. The fraction of sp³-hybridized carbons (Fsp3) is 0.250. The van der Waals surface area contributed by atoms with Gasteiger partial charge in [0.15, 0.2) is 0 Å². The van der Waals surface area contributed by atoms with E-state index in [9.17, 15) is 0 Å². The zero-order chi connectivity index (χ0) is 14.2. The molecule has 0 aliphatic heterocycles. The van der Waals surface area contributed by atoms with Crippen LogP contribution in [0.25, 0.3) is 0 Å². The van der Waals surface area contributed by atoms with Crippen molar-refractivity contribution in [1.82, 2.24) is 4.98 Å². The molecule has 102 valence electrons. The predicted octanol–water partition coefficient (Wildman–Crippen LogP) is 3.04. The molecular formula is C16H18N4. The van der Waals surface area contributed by atoms with Crippen molar-refractivity contribution in [2.24, 2.45) is 0 Å². The number of nitriles is 1. The van der Waals surface area contributed by atoms with E-state index in [4.69, 9.17) is 5.26 Å². The van der Waals surface area contributed by atoms with Crippen molar-refractivity contribution in [2.75, 3.05) is 23.8 Å². The van der Waals surface area contributed by atoms with Gasteiger partial charge in [0.1, 0.15) is 5.82 Å². The number of hydrogen-bond acceptors (Lipinski definition) is 4. The largest absolute Gasteiger partial charge is 0.373 e. The summed E-state index contributed by atoms with van der Waals surface area (Å²) in [5.41, 5.74) is 2.26. The van der Waals surface area contributed by atoms with Gasteiger partial charge in [-0.1, -0.05) is 24.3 Å². The lowest BCUT2D eigenvalue weighted by atomic mass is 10.2. The first-order valence-corrected chi connectivity index (χ1v) is 6.63. The van der Waals surface area contributed by atoms with Crippen LogP contribution in [0.1, 0.15) is 12.0 Å². The van der Waals surface area contributed by atoms with Gasteiger partial charge in [0.2, 0.25) is 0 Å². The van der Waals surface area contributed by atoms with Gasteiger partial charge in [0.25, 0.3) is 0 Å². The molecule has 0 amide bonds. The SMILES string of the molecule is CNc1ccc(CN(CCC#N)c2ccccc2)cn1. The maximum Gasteiger partial charge on any atom is 0.125 e. The lowest BCUT2D eigenvalue weighted by Crippen LogP contribution is -2.23. The van der Waals surface area contributed by atoms with Gasteiger partial charge >= 0.3 is 0 Å². The smallest absolute Gasteiger partial charge is 0.125 e. The molecule has 0 fully saturated rings. The van der Waals surface area contributed by atoms with E-state index in [0.29, 0.717) is 13.0 Å². The third-order valence-electron chi connectivity index (χ3n) is 3.07. The van der Waals surface area contributed by atoms with Crippen LogP contribution in [0, 0.1) is 11.3 Å². The predicted molar refractivity (Wildman–Crippen MR) is 81.5 cm³/mol. The van der Waals surface area contributed by atoms with Crippen molar-refractivity contribution < 1.29 is 0 Å². The van der Waals surface area contributed by atoms with Crippen LogP contribution in [0.2, 0.25) is 0 Å². The molecule has 2 rings (SSSR count). The fourth-order valence-electron chi connectivity index (χ4n) is 2.01. The van der Waals surface area contributed by atoms with Gasteiger partial charge in [-0.05, 0) is 23.8 Å². The average Bonchev–Trinajstić information content (AvgIpc) is 2.53. The van der Waals surface area contributed by atoms with Crippen LogP contribution in [0.3, 0.4) is 0 Å². The summed E-state index contributed by atoms with van der Waals surface area (Å²) in [4.78, 5) is 6.52. The number of nitrogens with one attached hydrogen (secondary N) is 1. The van der Waals surface area contributed by atoms with Crippen molar-refractivity contribution in [3.8, 4) is 6.07 Å². The highest BCUT2D eigenvalue weighted by atomic mass is 15.1. The molecule has 4 heteroatoms. The molecule has 1 heterocycles. The number of rotatable bonds is 6. The van der Waals surface area contributed by atoms with E-state index in [1.165, 1.54) is 0 Å². The first-order valence-electron chi connectivity index (χ1n) is 6.63. The minimum atomic E-state index is 0.511. The molecule has 0 spiro atoms. The van der Waals surface area contributed by atoms with Gasteiger partial charge in [-0.25, -0.2) is 4.98 Å². The van der Waals surface area contributed by atoms with Crippen LogP contribution >= 0.6 is 0 Å². The van der Waals surface area contributed by atoms with Crippen molar-refractivity contribution in [3.63, 3.8) is 0 Å². The molecule has 0 unspecified atom stereocenters. The molecule has 20 heavy (non-hydrogen) atoms. The Balaban J connectivity index is 2.13. The number of anilines is 2. The molecule has 0 saturated heterocycles. The second-order valence-electron chi connectivity index (χ2n) is 4.47. The molecule has 2 aromatic rings. The highest BCUT2D eigenvalue weighted by molar-refractivity contribution is 5.47. The summed E-state index contributed by atoms with van der Waals surface area (Å²) >= 11 is 0. The van der Waals surface area contributed by atoms with E-state index < -0.39 is 0 Å². The number of pyridine rings is 1. The van der Waals surface area contributed by atoms with Gasteiger partial charge in [-0.2, -0.15) is 5.26 Å². The Labute approximate surface area is 119 Å². The third kappa shape index (κ3) is 3.72. The van der Waals surface area contributed by atoms with E-state index >= 15 is 0 Å². The molecule has 0 radical (unpaired) electrons. The normalized spacial score (nSPS) is 9.80. The first-order chi connectivity index (χ1) is 9.83. The van der Waals surface area contributed by atoms with E-state index in [1.54, 1.807) is 0 Å². The van der Waals surface area contributed by atoms with Crippen LogP contribution in [-0.2, 0) is 6.54 Å². The molecule has 0 aliphatic rings. The zero-order valence-electron chi connectivity index (χ0n) is 11.6. The lowest BCUT2D eigenvalue weighted by Gasteiger charge is -2.23. The molecule has 1 N–H and O–H groups in total. The lowest BCUT2D eigenvalue weighted by molar-refractivity contribution is 0.795. The Bertz CT molecular complexity index is 557. The standard InChI is InChI=1S/C16H18N4/c1-18-16-9-8-14(12-19-16)13-20(11-5-10-17)15-6-3-2-4-7-15/h2-4,6-9,12H,5,11,13H2,1H3,(H,18,19). The van der Waals surface area contributed by atoms with E-state index in [2.05, 4.69) is 39.5 Å². The molecular weight excluding hydrogens is 248 g/mol. The Morgan fingerprint density at radius 1 is 1.20 bits per heavy atom. The summed E-state index contributed by atoms with van der Waals surface area (Å²) in [5.74, 6) is 0.858. The number of benzene rings is 1. The van der Waals surface area contributed by atoms with Crippen molar-refractivity contribution in [2.45, 2.75) is 13.0 Å². The maximum atomic E-state index is 8.80. The van der Waals surface area contributed by atoms with Gasteiger partial charge in [0, 0.05) is 32.0 Å². The number of para-hydroxylation sites is 1. The summed E-state index contributed by atoms with van der Waals surface area (Å²) in [6.07, 6.45) is 2.38. The van der Waals surface area contributed by atoms with Crippen LogP contribution in [0.4, 0.5) is 11.5 Å². The van der Waals surface area contributed by atoms with Gasteiger partial charge in [-0.3, -0.25) is 0 Å². The molecule has 1 aromatic heterocycles. The number of nitrogens with zero attached hydrogens (tertiary/aromatic N) is 3. The summed E-state index contributed by atoms with van der Waals surface area (Å²) < 4.78 is 0. The Morgan fingerprint density at radius 2 is 2.00 bits per heavy atom. The summed E-state index contributed by atoms with van der Waals surface area (Å²) in [6, 6.07) is 16.4. The minimum absolute atomic E-state index is 0.511. The van der Waals surface area contributed by atoms with Crippen LogP contribution in [-0.4, -0.2) is 18.6 Å². The molecule has 4 nitrogen and oxygen atoms in total. The molecule has 0 atom stereocenters. The zero-order valence-corrected chi connectivity index (χ0v) is 11.6. The van der Waals surface area contributed by atoms with Gasteiger partial charge in [-0.15, -0.1) is 0 Å². The van der Waals surface area contributed by atoms with E-state index in [0.717, 1.165) is 23.6 Å². The Hall–Kier alpha value is -2.54. The monoisotopic (exact) mass is 266 g/mol. The van der Waals surface area contributed by atoms with Crippen LogP contribution < -0.4 is 10.2 Å². The summed E-state index contributed by atoms with van der Waals surface area (Å²) in [7, 11) is 1.85. The molecule has 0 saturated carbocycles. The topological polar surface area (TPSA) is 52.0 Å². The number of hydrogen-bond donors (Lipinski definition) is 1. The van der Waals surface area contributed by atoms with Gasteiger partial charge < -0.3 is 10.2 Å². The average molecular weight is 266 g/mol. The van der Waals surface area contributed by atoms with Crippen LogP contribution in [0.15, 0.2) is 48.7 Å². The highest BCUT2D eigenvalue weighted by Gasteiger charge is 2.07. The molecule has 1 aromatic carbocycles. The second kappa shape index (κ2) is 7.15. The van der Waals surface area contributed by atoms with Crippen LogP contribution in [0.5, 0.6) is 0 Å². The maximum absolute atomic E-state index is 8.80. The van der Waals surface area contributed by atoms with E-state index in [1.807, 2.05) is 37.5 Å². The van der Waals surface area contributed by atoms with Crippen molar-refractivity contribution >= 4 is 11.5 Å². The summed E-state index contributed by atoms with van der Waals surface area (Å²) in [5, 5.41) is 11.8. The minimum Gasteiger partial charge on any atom is -0.373 e. The van der Waals surface area contributed by atoms with Crippen molar-refractivity contribution in [1.29, 1.82) is 5.26 Å². The Morgan fingerprint density at radius 3 is 2.60 bits per heavy atom. The quantitative estimate of drug-likeness (QED) is 0.873. The Kier molecular flexibility index (Phi) is 4.96. The highest BCUT2D eigenvalue weighted by Crippen LogP contribution is 2.17.